The minimum absolute atomic E-state index is 0.0793. The van der Waals surface area contributed by atoms with Crippen molar-refractivity contribution >= 4 is 6.09 Å². The molecule has 4 nitrogen and oxygen atoms in total. The van der Waals surface area contributed by atoms with E-state index in [0.29, 0.717) is 0 Å². The zero-order chi connectivity index (χ0) is 11.5. The number of nitrogens with one attached hydrogen (secondary N) is 1. The lowest BCUT2D eigenvalue weighted by molar-refractivity contribution is 0.00901. The summed E-state index contributed by atoms with van der Waals surface area (Å²) in [6.07, 6.45) is -0.424. The molecule has 0 saturated carbocycles. The lowest BCUT2D eigenvalue weighted by Crippen LogP contribution is -2.59. The van der Waals surface area contributed by atoms with Gasteiger partial charge in [0, 0.05) is 13.1 Å². The number of ether oxygens (including phenoxy) is 1. The molecule has 88 valence electrons. The van der Waals surface area contributed by atoms with E-state index in [0.717, 1.165) is 13.1 Å². The summed E-state index contributed by atoms with van der Waals surface area (Å²) < 4.78 is 17.5. The molecule has 1 amide bonds. The van der Waals surface area contributed by atoms with Crippen molar-refractivity contribution < 1.29 is 13.9 Å². The summed E-state index contributed by atoms with van der Waals surface area (Å²) in [6, 6.07) is 0.0793. The van der Waals surface area contributed by atoms with Crippen LogP contribution < -0.4 is 5.32 Å². The van der Waals surface area contributed by atoms with Gasteiger partial charge in [0.1, 0.15) is 12.3 Å². The number of carbonyl (C=O) groups excluding carboxylic acids is 1. The van der Waals surface area contributed by atoms with Gasteiger partial charge in [0.05, 0.1) is 12.6 Å². The van der Waals surface area contributed by atoms with Gasteiger partial charge < -0.3 is 15.0 Å². The van der Waals surface area contributed by atoms with Crippen LogP contribution in [0, 0.1) is 0 Å². The van der Waals surface area contributed by atoms with Gasteiger partial charge in [-0.1, -0.05) is 0 Å². The van der Waals surface area contributed by atoms with E-state index in [1.54, 1.807) is 20.8 Å². The summed E-state index contributed by atoms with van der Waals surface area (Å²) in [5, 5.41) is 3.05. The van der Waals surface area contributed by atoms with Gasteiger partial charge in [0.25, 0.3) is 0 Å². The Kier molecular flexibility index (Phi) is 3.90. The van der Waals surface area contributed by atoms with Crippen molar-refractivity contribution in [2.75, 3.05) is 26.3 Å². The average Bonchev–Trinajstić information content (AvgIpc) is 1.96. The highest BCUT2D eigenvalue weighted by Gasteiger charge is 2.31. The van der Waals surface area contributed by atoms with Crippen LogP contribution in [0.1, 0.15) is 20.8 Å². The number of rotatable bonds is 3. The number of hydrogen-bond acceptors (Lipinski definition) is 3. The van der Waals surface area contributed by atoms with E-state index < -0.39 is 18.4 Å². The fraction of sp³-hybridized carbons (Fsp3) is 0.900. The predicted octanol–water partition coefficient (Wildman–Crippen LogP) is 1.16. The van der Waals surface area contributed by atoms with Gasteiger partial charge in [0.15, 0.2) is 0 Å². The number of amides is 1. The average molecular weight is 218 g/mol. The van der Waals surface area contributed by atoms with E-state index in [9.17, 15) is 9.18 Å². The predicted molar refractivity (Wildman–Crippen MR) is 55.6 cm³/mol. The van der Waals surface area contributed by atoms with Gasteiger partial charge in [-0.05, 0) is 20.8 Å². The number of nitrogens with zero attached hydrogens (tertiary/aromatic N) is 1. The maximum absolute atomic E-state index is 12.3. The van der Waals surface area contributed by atoms with Crippen molar-refractivity contribution in [2.45, 2.75) is 32.4 Å². The molecule has 1 N–H and O–H groups in total. The first-order valence-electron chi connectivity index (χ1n) is 5.20. The third-order valence-electron chi connectivity index (χ3n) is 2.15. The zero-order valence-electron chi connectivity index (χ0n) is 9.55. The summed E-state index contributed by atoms with van der Waals surface area (Å²) in [5.41, 5.74) is -0.525. The largest absolute Gasteiger partial charge is 0.444 e. The molecule has 0 spiro atoms. The van der Waals surface area contributed by atoms with Crippen LogP contribution in [0.25, 0.3) is 0 Å². The second-order valence-electron chi connectivity index (χ2n) is 4.67. The number of hydrogen-bond donors (Lipinski definition) is 1. The lowest BCUT2D eigenvalue weighted by Gasteiger charge is -2.38. The van der Waals surface area contributed by atoms with E-state index in [4.69, 9.17) is 4.74 Å². The van der Waals surface area contributed by atoms with Crippen LogP contribution in [0.15, 0.2) is 0 Å². The third-order valence-corrected chi connectivity index (χ3v) is 2.15. The Balaban J connectivity index is 2.50. The van der Waals surface area contributed by atoms with Gasteiger partial charge in [-0.3, -0.25) is 0 Å². The highest BCUT2D eigenvalue weighted by Crippen LogP contribution is 2.13. The quantitative estimate of drug-likeness (QED) is 0.773. The van der Waals surface area contributed by atoms with Crippen LogP contribution in [-0.4, -0.2) is 48.9 Å². The van der Waals surface area contributed by atoms with Crippen LogP contribution in [0.3, 0.4) is 0 Å². The molecule has 5 heteroatoms. The topological polar surface area (TPSA) is 41.6 Å². The lowest BCUT2D eigenvalue weighted by atomic mass is 10.1. The zero-order valence-corrected chi connectivity index (χ0v) is 9.55. The summed E-state index contributed by atoms with van der Waals surface area (Å²) in [6.45, 7) is 6.43. The summed E-state index contributed by atoms with van der Waals surface area (Å²) in [7, 11) is 0. The molecule has 0 aromatic carbocycles. The van der Waals surface area contributed by atoms with Gasteiger partial charge in [-0.15, -0.1) is 0 Å². The standard InChI is InChI=1S/C10H19FN2O2/c1-10(2,3)15-9(14)13(5-4-11)8-6-12-7-8/h8,12H,4-7H2,1-3H3. The molecule has 0 aromatic heterocycles. The number of halogens is 1. The normalized spacial score (nSPS) is 17.1. The Hall–Kier alpha value is -0.840. The van der Waals surface area contributed by atoms with Gasteiger partial charge in [0.2, 0.25) is 0 Å². The molecule has 0 unspecified atom stereocenters. The van der Waals surface area contributed by atoms with Crippen LogP contribution in [-0.2, 0) is 4.74 Å². The van der Waals surface area contributed by atoms with E-state index >= 15 is 0 Å². The molecule has 1 aliphatic heterocycles. The minimum atomic E-state index is -0.532. The Morgan fingerprint density at radius 2 is 2.13 bits per heavy atom. The molecule has 1 aliphatic rings. The molecule has 1 fully saturated rings. The van der Waals surface area contributed by atoms with E-state index in [1.165, 1.54) is 4.90 Å². The Morgan fingerprint density at radius 1 is 1.53 bits per heavy atom. The Bertz CT molecular complexity index is 224. The summed E-state index contributed by atoms with van der Waals surface area (Å²) in [5.74, 6) is 0. The maximum atomic E-state index is 12.3. The second kappa shape index (κ2) is 4.79. The molecule has 1 rings (SSSR count). The molecule has 0 radical (unpaired) electrons. The smallest absolute Gasteiger partial charge is 0.410 e. The van der Waals surface area contributed by atoms with Crippen molar-refractivity contribution in [3.8, 4) is 0 Å². The van der Waals surface area contributed by atoms with Crippen LogP contribution in [0.2, 0.25) is 0 Å². The summed E-state index contributed by atoms with van der Waals surface area (Å²) >= 11 is 0. The fourth-order valence-electron chi connectivity index (χ4n) is 1.33. The minimum Gasteiger partial charge on any atom is -0.444 e. The van der Waals surface area contributed by atoms with Crippen LogP contribution >= 0.6 is 0 Å². The molecule has 0 atom stereocenters. The fourth-order valence-corrected chi connectivity index (χ4v) is 1.33. The van der Waals surface area contributed by atoms with E-state index in [2.05, 4.69) is 5.32 Å². The monoisotopic (exact) mass is 218 g/mol. The highest BCUT2D eigenvalue weighted by atomic mass is 19.1. The Morgan fingerprint density at radius 3 is 2.47 bits per heavy atom. The van der Waals surface area contributed by atoms with Crippen LogP contribution in [0.4, 0.5) is 9.18 Å². The molecule has 0 aliphatic carbocycles. The molecule has 15 heavy (non-hydrogen) atoms. The molecule has 1 heterocycles. The van der Waals surface area contributed by atoms with Crippen molar-refractivity contribution in [2.24, 2.45) is 0 Å². The SMILES string of the molecule is CC(C)(C)OC(=O)N(CCF)C1CNC1. The van der Waals surface area contributed by atoms with E-state index in [1.807, 2.05) is 0 Å². The van der Waals surface area contributed by atoms with E-state index in [-0.39, 0.29) is 12.6 Å². The van der Waals surface area contributed by atoms with Gasteiger partial charge in [-0.2, -0.15) is 0 Å². The molecule has 0 bridgehead atoms. The molecule has 0 aromatic rings. The first-order valence-corrected chi connectivity index (χ1v) is 5.20. The maximum Gasteiger partial charge on any atom is 0.410 e. The first kappa shape index (κ1) is 12.2. The van der Waals surface area contributed by atoms with Crippen molar-refractivity contribution in [1.82, 2.24) is 10.2 Å². The van der Waals surface area contributed by atoms with Crippen molar-refractivity contribution in [3.05, 3.63) is 0 Å². The Labute approximate surface area is 89.8 Å². The molecule has 1 saturated heterocycles. The van der Waals surface area contributed by atoms with Gasteiger partial charge in [-0.25, -0.2) is 9.18 Å². The number of alkyl halides is 1. The van der Waals surface area contributed by atoms with Gasteiger partial charge >= 0.3 is 6.09 Å². The molecular weight excluding hydrogens is 199 g/mol. The number of carbonyl (C=O) groups is 1. The van der Waals surface area contributed by atoms with Crippen molar-refractivity contribution in [3.63, 3.8) is 0 Å². The third kappa shape index (κ3) is 3.66. The summed E-state index contributed by atoms with van der Waals surface area (Å²) in [4.78, 5) is 13.2. The molecular formula is C10H19FN2O2. The van der Waals surface area contributed by atoms with Crippen LogP contribution in [0.5, 0.6) is 0 Å². The highest BCUT2D eigenvalue weighted by molar-refractivity contribution is 5.68. The van der Waals surface area contributed by atoms with Crippen molar-refractivity contribution in [1.29, 1.82) is 0 Å². The first-order chi connectivity index (χ1) is 6.94. The second-order valence-corrected chi connectivity index (χ2v) is 4.67.